The molecule has 0 atom stereocenters. The predicted molar refractivity (Wildman–Crippen MR) is 78.3 cm³/mol. The molecule has 0 spiro atoms. The summed E-state index contributed by atoms with van der Waals surface area (Å²) in [5.74, 6) is -1.75. The summed E-state index contributed by atoms with van der Waals surface area (Å²) in [6.45, 7) is 1.93. The van der Waals surface area contributed by atoms with Gasteiger partial charge in [0.2, 0.25) is 5.91 Å². The number of halogens is 2. The van der Waals surface area contributed by atoms with Crippen molar-refractivity contribution in [3.63, 3.8) is 0 Å². The highest BCUT2D eigenvalue weighted by Gasteiger charge is 2.22. The molecule has 1 saturated heterocycles. The molecule has 0 aliphatic carbocycles. The molecule has 0 saturated carbocycles. The van der Waals surface area contributed by atoms with Gasteiger partial charge in [0.1, 0.15) is 11.6 Å². The smallest absolute Gasteiger partial charge is 0.223 e. The molecule has 6 heteroatoms. The average molecular weight is 310 g/mol. The molecule has 2 N–H and O–H groups in total. The molecule has 0 bridgehead atoms. The number of hydrogen-bond acceptors (Lipinski definition) is 3. The van der Waals surface area contributed by atoms with E-state index in [4.69, 9.17) is 5.73 Å². The van der Waals surface area contributed by atoms with Gasteiger partial charge in [-0.3, -0.25) is 9.59 Å². The lowest BCUT2D eigenvalue weighted by Crippen LogP contribution is -2.40. The summed E-state index contributed by atoms with van der Waals surface area (Å²) in [5.41, 5.74) is 5.43. The Balaban J connectivity index is 1.84. The molecule has 1 amide bonds. The van der Waals surface area contributed by atoms with Crippen LogP contribution >= 0.6 is 0 Å². The number of carbonyl (C=O) groups is 2. The Bertz CT molecular complexity index is 555. The first-order valence-electron chi connectivity index (χ1n) is 7.47. The third-order valence-electron chi connectivity index (χ3n) is 4.10. The van der Waals surface area contributed by atoms with E-state index in [1.807, 2.05) is 0 Å². The Kier molecular flexibility index (Phi) is 5.60. The summed E-state index contributed by atoms with van der Waals surface area (Å²) in [6.07, 6.45) is 1.73. The maximum absolute atomic E-state index is 13.5. The number of likely N-dealkylation sites (tertiary alicyclic amines) is 1. The molecular formula is C16H20F2N2O2. The molecule has 0 unspecified atom stereocenters. The number of ketones is 1. The third kappa shape index (κ3) is 4.10. The number of piperidine rings is 1. The van der Waals surface area contributed by atoms with E-state index in [1.165, 1.54) is 0 Å². The monoisotopic (exact) mass is 310 g/mol. The van der Waals surface area contributed by atoms with Crippen molar-refractivity contribution >= 4 is 11.7 Å². The first kappa shape index (κ1) is 16.5. The number of benzene rings is 1. The van der Waals surface area contributed by atoms with Crippen LogP contribution in [0.1, 0.15) is 36.0 Å². The van der Waals surface area contributed by atoms with Crippen LogP contribution in [0.4, 0.5) is 8.78 Å². The van der Waals surface area contributed by atoms with Gasteiger partial charge in [-0.15, -0.1) is 0 Å². The van der Waals surface area contributed by atoms with E-state index in [9.17, 15) is 18.4 Å². The van der Waals surface area contributed by atoms with E-state index in [0.717, 1.165) is 25.0 Å². The van der Waals surface area contributed by atoms with Crippen molar-refractivity contribution in [3.8, 4) is 0 Å². The molecule has 4 nitrogen and oxygen atoms in total. The summed E-state index contributed by atoms with van der Waals surface area (Å²) in [7, 11) is 0. The highest BCUT2D eigenvalue weighted by Crippen LogP contribution is 2.18. The van der Waals surface area contributed by atoms with Crippen LogP contribution in [-0.4, -0.2) is 36.2 Å². The quantitative estimate of drug-likeness (QED) is 0.847. The van der Waals surface area contributed by atoms with Gasteiger partial charge < -0.3 is 10.6 Å². The highest BCUT2D eigenvalue weighted by atomic mass is 19.1. The zero-order valence-corrected chi connectivity index (χ0v) is 12.4. The zero-order valence-electron chi connectivity index (χ0n) is 12.4. The molecular weight excluding hydrogens is 290 g/mol. The van der Waals surface area contributed by atoms with Crippen LogP contribution in [0.15, 0.2) is 18.2 Å². The van der Waals surface area contributed by atoms with Gasteiger partial charge in [0, 0.05) is 32.0 Å². The SMILES string of the molecule is NCC1CCN(C(=O)CCC(=O)c2ccc(F)cc2F)CC1. The van der Waals surface area contributed by atoms with Gasteiger partial charge in [0.05, 0.1) is 5.56 Å². The van der Waals surface area contributed by atoms with Gasteiger partial charge in [0.25, 0.3) is 0 Å². The van der Waals surface area contributed by atoms with Gasteiger partial charge in [-0.25, -0.2) is 8.78 Å². The summed E-state index contributed by atoms with van der Waals surface area (Å²) in [4.78, 5) is 25.7. The van der Waals surface area contributed by atoms with Crippen LogP contribution in [-0.2, 0) is 4.79 Å². The van der Waals surface area contributed by atoms with Crippen molar-refractivity contribution in [3.05, 3.63) is 35.4 Å². The predicted octanol–water partition coefficient (Wildman–Crippen LogP) is 2.12. The van der Waals surface area contributed by atoms with Crippen molar-refractivity contribution < 1.29 is 18.4 Å². The number of amides is 1. The Morgan fingerprint density at radius 3 is 2.45 bits per heavy atom. The lowest BCUT2D eigenvalue weighted by molar-refractivity contribution is -0.132. The molecule has 1 aliphatic rings. The first-order valence-corrected chi connectivity index (χ1v) is 7.47. The lowest BCUT2D eigenvalue weighted by atomic mass is 9.96. The number of nitrogens with two attached hydrogens (primary N) is 1. The normalized spacial score (nSPS) is 15.9. The number of rotatable bonds is 5. The number of Topliss-reactive ketones (excluding diaryl/α,β-unsaturated/α-hetero) is 1. The van der Waals surface area contributed by atoms with Crippen LogP contribution in [0.3, 0.4) is 0 Å². The minimum absolute atomic E-state index is 0.0446. The fourth-order valence-electron chi connectivity index (χ4n) is 2.65. The topological polar surface area (TPSA) is 63.4 Å². The first-order chi connectivity index (χ1) is 10.5. The molecule has 0 radical (unpaired) electrons. The van der Waals surface area contributed by atoms with Gasteiger partial charge >= 0.3 is 0 Å². The number of hydrogen-bond donors (Lipinski definition) is 1. The summed E-state index contributed by atoms with van der Waals surface area (Å²) >= 11 is 0. The summed E-state index contributed by atoms with van der Waals surface area (Å²) < 4.78 is 26.3. The second kappa shape index (κ2) is 7.45. The molecule has 120 valence electrons. The largest absolute Gasteiger partial charge is 0.343 e. The fourth-order valence-corrected chi connectivity index (χ4v) is 2.65. The fraction of sp³-hybridized carbons (Fsp3) is 0.500. The summed E-state index contributed by atoms with van der Waals surface area (Å²) in [6, 6.07) is 2.83. The van der Waals surface area contributed by atoms with Crippen molar-refractivity contribution in [2.24, 2.45) is 11.7 Å². The van der Waals surface area contributed by atoms with Gasteiger partial charge in [-0.05, 0) is 37.4 Å². The molecule has 2 rings (SSSR count). The van der Waals surface area contributed by atoms with Crippen molar-refractivity contribution in [1.29, 1.82) is 0 Å². The number of carbonyl (C=O) groups excluding carboxylic acids is 2. The molecule has 1 aliphatic heterocycles. The molecule has 0 aromatic heterocycles. The molecule has 1 aromatic carbocycles. The molecule has 1 heterocycles. The second-order valence-electron chi connectivity index (χ2n) is 5.61. The van der Waals surface area contributed by atoms with E-state index in [1.54, 1.807) is 4.90 Å². The van der Waals surface area contributed by atoms with Crippen LogP contribution < -0.4 is 5.73 Å². The Hall–Kier alpha value is -1.82. The van der Waals surface area contributed by atoms with Crippen molar-refractivity contribution in [2.45, 2.75) is 25.7 Å². The van der Waals surface area contributed by atoms with Crippen molar-refractivity contribution in [2.75, 3.05) is 19.6 Å². The van der Waals surface area contributed by atoms with E-state index < -0.39 is 17.4 Å². The van der Waals surface area contributed by atoms with Crippen molar-refractivity contribution in [1.82, 2.24) is 4.90 Å². The molecule has 1 aromatic rings. The Morgan fingerprint density at radius 1 is 1.18 bits per heavy atom. The Morgan fingerprint density at radius 2 is 1.86 bits per heavy atom. The van der Waals surface area contributed by atoms with E-state index in [2.05, 4.69) is 0 Å². The maximum Gasteiger partial charge on any atom is 0.223 e. The molecule has 1 fully saturated rings. The maximum atomic E-state index is 13.5. The zero-order chi connectivity index (χ0) is 16.1. The van der Waals surface area contributed by atoms with Crippen LogP contribution in [0, 0.1) is 17.6 Å². The van der Waals surface area contributed by atoms with Crippen LogP contribution in [0.2, 0.25) is 0 Å². The van der Waals surface area contributed by atoms with E-state index >= 15 is 0 Å². The third-order valence-corrected chi connectivity index (χ3v) is 4.10. The van der Waals surface area contributed by atoms with Crippen LogP contribution in [0.5, 0.6) is 0 Å². The van der Waals surface area contributed by atoms with Gasteiger partial charge in [-0.1, -0.05) is 0 Å². The lowest BCUT2D eigenvalue weighted by Gasteiger charge is -2.31. The van der Waals surface area contributed by atoms with E-state index in [-0.39, 0.29) is 24.3 Å². The standard InChI is InChI=1S/C16H20F2N2O2/c17-12-1-2-13(14(18)9-12)15(21)3-4-16(22)20-7-5-11(10-19)6-8-20/h1-2,9,11H,3-8,10,19H2. The van der Waals surface area contributed by atoms with Gasteiger partial charge in [-0.2, -0.15) is 0 Å². The van der Waals surface area contributed by atoms with E-state index in [0.29, 0.717) is 31.6 Å². The highest BCUT2D eigenvalue weighted by molar-refractivity contribution is 5.98. The average Bonchev–Trinajstić information content (AvgIpc) is 2.52. The minimum Gasteiger partial charge on any atom is -0.343 e. The minimum atomic E-state index is -0.888. The summed E-state index contributed by atoms with van der Waals surface area (Å²) in [5, 5.41) is 0. The van der Waals surface area contributed by atoms with Gasteiger partial charge in [0.15, 0.2) is 5.78 Å². The Labute approximate surface area is 128 Å². The number of nitrogens with zero attached hydrogens (tertiary/aromatic N) is 1. The molecule has 22 heavy (non-hydrogen) atoms. The van der Waals surface area contributed by atoms with Crippen LogP contribution in [0.25, 0.3) is 0 Å². The second-order valence-corrected chi connectivity index (χ2v) is 5.61.